The molecule has 0 N–H and O–H groups in total. The fourth-order valence-electron chi connectivity index (χ4n) is 3.23. The summed E-state index contributed by atoms with van der Waals surface area (Å²) in [7, 11) is 0. The minimum Gasteiger partial charge on any atom is -0.285 e. The Hall–Kier alpha value is -0.920. The molecule has 3 aliphatic rings. The number of rotatable bonds is 0. The molecule has 14 heavy (non-hydrogen) atoms. The summed E-state index contributed by atoms with van der Waals surface area (Å²) in [4.78, 5) is 9.32. The highest BCUT2D eigenvalue weighted by molar-refractivity contribution is 6.48. The predicted molar refractivity (Wildman–Crippen MR) is 59.2 cm³/mol. The Bertz CT molecular complexity index is 340. The second kappa shape index (κ2) is 2.78. The third-order valence-electron chi connectivity index (χ3n) is 3.66. The van der Waals surface area contributed by atoms with E-state index < -0.39 is 0 Å². The van der Waals surface area contributed by atoms with E-state index in [9.17, 15) is 0 Å². The van der Waals surface area contributed by atoms with Crippen LogP contribution in [0.15, 0.2) is 21.1 Å². The number of hydrogen-bond acceptors (Lipinski definition) is 2. The topological polar surface area (TPSA) is 24.7 Å². The van der Waals surface area contributed by atoms with Crippen molar-refractivity contribution in [2.45, 2.75) is 26.7 Å². The first-order valence-electron chi connectivity index (χ1n) is 5.55. The molecular formula is C12H16N2. The molecule has 0 spiro atoms. The van der Waals surface area contributed by atoms with Crippen LogP contribution in [0.25, 0.3) is 0 Å². The van der Waals surface area contributed by atoms with Crippen LogP contribution < -0.4 is 0 Å². The van der Waals surface area contributed by atoms with Crippen molar-refractivity contribution in [3.63, 3.8) is 0 Å². The molecule has 2 aliphatic carbocycles. The van der Waals surface area contributed by atoms with Gasteiger partial charge in [0.15, 0.2) is 0 Å². The summed E-state index contributed by atoms with van der Waals surface area (Å²) in [5, 5.41) is 0. The van der Waals surface area contributed by atoms with Crippen LogP contribution in [0.4, 0.5) is 0 Å². The molecule has 0 aromatic rings. The molecular weight excluding hydrogens is 172 g/mol. The lowest BCUT2D eigenvalue weighted by molar-refractivity contribution is 0.738. The maximum atomic E-state index is 4.66. The van der Waals surface area contributed by atoms with E-state index in [-0.39, 0.29) is 0 Å². The fraction of sp³-hybridized carbons (Fsp3) is 0.667. The van der Waals surface area contributed by atoms with Crippen LogP contribution in [0.3, 0.4) is 0 Å². The molecule has 0 amide bonds. The molecule has 0 aromatic heterocycles. The van der Waals surface area contributed by atoms with Gasteiger partial charge >= 0.3 is 0 Å². The van der Waals surface area contributed by atoms with Crippen LogP contribution >= 0.6 is 0 Å². The summed E-state index contributed by atoms with van der Waals surface area (Å²) in [6.45, 7) is 6.30. The SMILES string of the molecule is CC(C)=C1[C@@H]2CC[C@H]1C1=NCCN=C12. The molecule has 2 atom stereocenters. The van der Waals surface area contributed by atoms with Gasteiger partial charge in [-0.05, 0) is 26.7 Å². The van der Waals surface area contributed by atoms with Gasteiger partial charge < -0.3 is 0 Å². The van der Waals surface area contributed by atoms with E-state index in [1.54, 1.807) is 5.57 Å². The monoisotopic (exact) mass is 188 g/mol. The lowest BCUT2D eigenvalue weighted by atomic mass is 9.95. The van der Waals surface area contributed by atoms with Crippen molar-refractivity contribution < 1.29 is 0 Å². The zero-order chi connectivity index (χ0) is 9.71. The maximum Gasteiger partial charge on any atom is 0.0637 e. The van der Waals surface area contributed by atoms with Gasteiger partial charge in [0, 0.05) is 11.8 Å². The van der Waals surface area contributed by atoms with Gasteiger partial charge in [0.1, 0.15) is 0 Å². The average Bonchev–Trinajstić information content (AvgIpc) is 2.73. The van der Waals surface area contributed by atoms with E-state index in [1.807, 2.05) is 0 Å². The van der Waals surface area contributed by atoms with E-state index in [1.165, 1.54) is 29.8 Å². The van der Waals surface area contributed by atoms with Gasteiger partial charge in [0.2, 0.25) is 0 Å². The largest absolute Gasteiger partial charge is 0.285 e. The first-order chi connectivity index (χ1) is 6.79. The minimum atomic E-state index is 0.643. The van der Waals surface area contributed by atoms with Gasteiger partial charge in [-0.1, -0.05) is 11.1 Å². The molecule has 2 saturated carbocycles. The van der Waals surface area contributed by atoms with Crippen molar-refractivity contribution in [1.29, 1.82) is 0 Å². The van der Waals surface area contributed by atoms with Crippen molar-refractivity contribution >= 4 is 11.4 Å². The van der Waals surface area contributed by atoms with Gasteiger partial charge in [-0.3, -0.25) is 9.98 Å². The number of aliphatic imine (C=N–C) groups is 2. The Labute approximate surface area is 84.8 Å². The molecule has 0 unspecified atom stereocenters. The number of allylic oxidation sites excluding steroid dienone is 2. The quantitative estimate of drug-likeness (QED) is 0.521. The zero-order valence-electron chi connectivity index (χ0n) is 8.88. The predicted octanol–water partition coefficient (Wildman–Crippen LogP) is 2.26. The number of fused-ring (bicyclic) bond motifs is 5. The lowest BCUT2D eigenvalue weighted by Crippen LogP contribution is -2.26. The molecule has 2 heteroatoms. The highest BCUT2D eigenvalue weighted by Gasteiger charge is 2.47. The highest BCUT2D eigenvalue weighted by Crippen LogP contribution is 2.47. The zero-order valence-corrected chi connectivity index (χ0v) is 8.88. The van der Waals surface area contributed by atoms with E-state index in [4.69, 9.17) is 0 Å². The van der Waals surface area contributed by atoms with Crippen LogP contribution in [0.2, 0.25) is 0 Å². The van der Waals surface area contributed by atoms with Crippen LogP contribution in [-0.2, 0) is 0 Å². The van der Waals surface area contributed by atoms with Crippen LogP contribution in [-0.4, -0.2) is 24.5 Å². The lowest BCUT2D eigenvalue weighted by Gasteiger charge is -2.17. The number of hydrogen-bond donors (Lipinski definition) is 0. The van der Waals surface area contributed by atoms with Crippen molar-refractivity contribution in [3.8, 4) is 0 Å². The Morgan fingerprint density at radius 1 is 1.00 bits per heavy atom. The highest BCUT2D eigenvalue weighted by atomic mass is 14.9. The van der Waals surface area contributed by atoms with Gasteiger partial charge in [0.25, 0.3) is 0 Å². The standard InChI is InChI=1S/C12H16N2/c1-7(2)10-8-3-4-9(10)12-11(8)13-5-6-14-12/h8-9H,3-6H2,1-2H3/t8-,9+. The average molecular weight is 188 g/mol. The van der Waals surface area contributed by atoms with E-state index in [2.05, 4.69) is 23.8 Å². The molecule has 74 valence electrons. The molecule has 0 radical (unpaired) electrons. The smallest absolute Gasteiger partial charge is 0.0637 e. The van der Waals surface area contributed by atoms with Crippen molar-refractivity contribution in [2.24, 2.45) is 21.8 Å². The van der Waals surface area contributed by atoms with Crippen LogP contribution in [0.1, 0.15) is 26.7 Å². The van der Waals surface area contributed by atoms with E-state index >= 15 is 0 Å². The second-order valence-electron chi connectivity index (χ2n) is 4.67. The van der Waals surface area contributed by atoms with Gasteiger partial charge in [-0.2, -0.15) is 0 Å². The van der Waals surface area contributed by atoms with E-state index in [0.29, 0.717) is 11.8 Å². The minimum absolute atomic E-state index is 0.643. The Balaban J connectivity index is 2.15. The first-order valence-corrected chi connectivity index (χ1v) is 5.55. The van der Waals surface area contributed by atoms with Crippen LogP contribution in [0.5, 0.6) is 0 Å². The molecule has 2 nitrogen and oxygen atoms in total. The number of nitrogens with zero attached hydrogens (tertiary/aromatic N) is 2. The molecule has 1 heterocycles. The second-order valence-corrected chi connectivity index (χ2v) is 4.67. The van der Waals surface area contributed by atoms with Crippen molar-refractivity contribution in [3.05, 3.63) is 11.1 Å². The van der Waals surface area contributed by atoms with Gasteiger partial charge in [-0.15, -0.1) is 0 Å². The fourth-order valence-corrected chi connectivity index (χ4v) is 3.23. The van der Waals surface area contributed by atoms with Crippen molar-refractivity contribution in [2.75, 3.05) is 13.1 Å². The Morgan fingerprint density at radius 2 is 1.50 bits per heavy atom. The first kappa shape index (κ1) is 8.39. The normalized spacial score (nSPS) is 34.0. The molecule has 0 saturated heterocycles. The summed E-state index contributed by atoms with van der Waals surface area (Å²) >= 11 is 0. The third kappa shape index (κ3) is 0.915. The summed E-state index contributed by atoms with van der Waals surface area (Å²) in [6.07, 6.45) is 2.62. The molecule has 2 fully saturated rings. The third-order valence-corrected chi connectivity index (χ3v) is 3.66. The van der Waals surface area contributed by atoms with Gasteiger partial charge in [0.05, 0.1) is 24.5 Å². The Kier molecular flexibility index (Phi) is 1.67. The summed E-state index contributed by atoms with van der Waals surface area (Å²) in [6, 6.07) is 0. The van der Waals surface area contributed by atoms with Gasteiger partial charge in [-0.25, -0.2) is 0 Å². The maximum absolute atomic E-state index is 4.66. The molecule has 2 bridgehead atoms. The molecule has 1 aliphatic heterocycles. The summed E-state index contributed by atoms with van der Waals surface area (Å²) < 4.78 is 0. The molecule has 3 rings (SSSR count). The van der Waals surface area contributed by atoms with Crippen molar-refractivity contribution in [1.82, 2.24) is 0 Å². The van der Waals surface area contributed by atoms with E-state index in [0.717, 1.165) is 13.1 Å². The Morgan fingerprint density at radius 3 is 1.93 bits per heavy atom. The summed E-state index contributed by atoms with van der Waals surface area (Å²) in [5.41, 5.74) is 5.81. The van der Waals surface area contributed by atoms with Crippen LogP contribution in [0, 0.1) is 11.8 Å². The summed E-state index contributed by atoms with van der Waals surface area (Å²) in [5.74, 6) is 1.29. The molecule has 0 aromatic carbocycles.